The van der Waals surface area contributed by atoms with E-state index in [9.17, 15) is 14.5 Å². The average Bonchev–Trinajstić information content (AvgIpc) is 2.45. The summed E-state index contributed by atoms with van der Waals surface area (Å²) in [4.78, 5) is 10.4. The third kappa shape index (κ3) is 3.86. The minimum Gasteiger partial charge on any atom is -0.306 e. The van der Waals surface area contributed by atoms with Gasteiger partial charge in [0.05, 0.1) is 4.92 Å². The Morgan fingerprint density at radius 3 is 2.71 bits per heavy atom. The first kappa shape index (κ1) is 15.6. The van der Waals surface area contributed by atoms with Crippen molar-refractivity contribution in [1.29, 1.82) is 0 Å². The number of nitrogens with one attached hydrogen (secondary N) is 1. The first-order chi connectivity index (χ1) is 9.99. The lowest BCUT2D eigenvalue weighted by atomic mass is 10.1. The van der Waals surface area contributed by atoms with Crippen molar-refractivity contribution in [3.63, 3.8) is 0 Å². The van der Waals surface area contributed by atoms with Crippen LogP contribution in [-0.4, -0.2) is 4.92 Å². The van der Waals surface area contributed by atoms with Crippen molar-refractivity contribution in [2.24, 2.45) is 0 Å². The summed E-state index contributed by atoms with van der Waals surface area (Å²) in [7, 11) is 0. The summed E-state index contributed by atoms with van der Waals surface area (Å²) in [5.74, 6) is -0.481. The highest BCUT2D eigenvalue weighted by Gasteiger charge is 2.16. The van der Waals surface area contributed by atoms with Crippen LogP contribution in [0.15, 0.2) is 46.9 Å². The van der Waals surface area contributed by atoms with E-state index < -0.39 is 10.7 Å². The van der Waals surface area contributed by atoms with E-state index in [1.807, 2.05) is 31.2 Å². The molecule has 21 heavy (non-hydrogen) atoms. The van der Waals surface area contributed by atoms with Crippen molar-refractivity contribution in [2.45, 2.75) is 19.5 Å². The second kappa shape index (κ2) is 6.78. The van der Waals surface area contributed by atoms with E-state index in [-0.39, 0.29) is 18.3 Å². The summed E-state index contributed by atoms with van der Waals surface area (Å²) < 4.78 is 14.2. The van der Waals surface area contributed by atoms with E-state index in [0.29, 0.717) is 5.56 Å². The lowest BCUT2D eigenvalue weighted by molar-refractivity contribution is -0.385. The zero-order valence-electron chi connectivity index (χ0n) is 11.3. The van der Waals surface area contributed by atoms with Gasteiger partial charge >= 0.3 is 0 Å². The molecule has 0 unspecified atom stereocenters. The van der Waals surface area contributed by atoms with Crippen molar-refractivity contribution in [1.82, 2.24) is 5.32 Å². The molecule has 0 bridgehead atoms. The molecule has 0 saturated heterocycles. The Labute approximate surface area is 130 Å². The molecule has 0 aliphatic carbocycles. The zero-order valence-corrected chi connectivity index (χ0v) is 12.9. The lowest BCUT2D eigenvalue weighted by Gasteiger charge is -2.16. The van der Waals surface area contributed by atoms with E-state index in [1.54, 1.807) is 0 Å². The number of nitro benzene ring substituents is 1. The summed E-state index contributed by atoms with van der Waals surface area (Å²) in [6.45, 7) is 2.17. The standard InChI is InChI=1S/C15H14BrFN2O2/c1-10(13-4-2-3-5-14(13)16)18-9-11-8-12(17)6-7-15(11)19(20)21/h2-8,10,18H,9H2,1H3/t10-/m0/s1. The number of halogens is 2. The largest absolute Gasteiger partial charge is 0.306 e. The highest BCUT2D eigenvalue weighted by atomic mass is 79.9. The van der Waals surface area contributed by atoms with E-state index in [1.165, 1.54) is 12.1 Å². The smallest absolute Gasteiger partial charge is 0.274 e. The van der Waals surface area contributed by atoms with Gasteiger partial charge in [-0.15, -0.1) is 0 Å². The Morgan fingerprint density at radius 1 is 1.33 bits per heavy atom. The van der Waals surface area contributed by atoms with E-state index in [2.05, 4.69) is 21.2 Å². The van der Waals surface area contributed by atoms with Gasteiger partial charge in [-0.2, -0.15) is 0 Å². The molecule has 0 spiro atoms. The second-order valence-electron chi connectivity index (χ2n) is 4.65. The van der Waals surface area contributed by atoms with Crippen LogP contribution in [0, 0.1) is 15.9 Å². The fourth-order valence-corrected chi connectivity index (χ4v) is 2.70. The minimum atomic E-state index is -0.500. The highest BCUT2D eigenvalue weighted by Crippen LogP contribution is 2.24. The summed E-state index contributed by atoms with van der Waals surface area (Å²) in [5.41, 5.74) is 1.29. The van der Waals surface area contributed by atoms with Crippen molar-refractivity contribution in [3.05, 3.63) is 74.0 Å². The molecule has 0 saturated carbocycles. The van der Waals surface area contributed by atoms with Crippen LogP contribution in [0.25, 0.3) is 0 Å². The van der Waals surface area contributed by atoms with Crippen LogP contribution in [0.5, 0.6) is 0 Å². The van der Waals surface area contributed by atoms with E-state index in [4.69, 9.17) is 0 Å². The maximum atomic E-state index is 13.3. The number of hydrogen-bond acceptors (Lipinski definition) is 3. The summed E-state index contributed by atoms with van der Waals surface area (Å²) in [6, 6.07) is 11.2. The molecule has 1 N–H and O–H groups in total. The second-order valence-corrected chi connectivity index (χ2v) is 5.51. The van der Waals surface area contributed by atoms with E-state index in [0.717, 1.165) is 16.1 Å². The summed E-state index contributed by atoms with van der Waals surface area (Å²) >= 11 is 3.46. The SMILES string of the molecule is C[C@H](NCc1cc(F)ccc1[N+](=O)[O-])c1ccccc1Br. The van der Waals surface area contributed by atoms with Gasteiger partial charge < -0.3 is 5.32 Å². The molecule has 0 aliphatic heterocycles. The average molecular weight is 353 g/mol. The number of rotatable bonds is 5. The monoisotopic (exact) mass is 352 g/mol. The lowest BCUT2D eigenvalue weighted by Crippen LogP contribution is -2.19. The Balaban J connectivity index is 2.15. The normalized spacial score (nSPS) is 12.1. The van der Waals surface area contributed by atoms with Gasteiger partial charge in [-0.3, -0.25) is 10.1 Å². The van der Waals surface area contributed by atoms with Gasteiger partial charge in [0.15, 0.2) is 0 Å². The summed E-state index contributed by atoms with van der Waals surface area (Å²) in [5, 5.41) is 14.1. The fraction of sp³-hybridized carbons (Fsp3) is 0.200. The molecule has 2 aromatic carbocycles. The minimum absolute atomic E-state index is 0.0246. The third-order valence-corrected chi connectivity index (χ3v) is 3.93. The van der Waals surface area contributed by atoms with Crippen molar-refractivity contribution in [3.8, 4) is 0 Å². The number of nitro groups is 1. The van der Waals surface area contributed by atoms with Crippen LogP contribution in [0.1, 0.15) is 24.1 Å². The van der Waals surface area contributed by atoms with E-state index >= 15 is 0 Å². The molecular weight excluding hydrogens is 339 g/mol. The summed E-state index contributed by atoms with van der Waals surface area (Å²) in [6.07, 6.45) is 0. The van der Waals surface area contributed by atoms with Crippen LogP contribution in [0.4, 0.5) is 10.1 Å². The van der Waals surface area contributed by atoms with Crippen LogP contribution < -0.4 is 5.32 Å². The molecule has 0 heterocycles. The molecule has 0 radical (unpaired) electrons. The molecule has 110 valence electrons. The zero-order chi connectivity index (χ0) is 15.4. The molecule has 4 nitrogen and oxygen atoms in total. The third-order valence-electron chi connectivity index (χ3n) is 3.21. The number of nitrogens with zero attached hydrogens (tertiary/aromatic N) is 1. The van der Waals surface area contributed by atoms with Gasteiger partial charge in [0.25, 0.3) is 5.69 Å². The molecule has 0 aromatic heterocycles. The molecule has 2 aromatic rings. The maximum Gasteiger partial charge on any atom is 0.274 e. The number of hydrogen-bond donors (Lipinski definition) is 1. The fourth-order valence-electron chi connectivity index (χ4n) is 2.07. The van der Waals surface area contributed by atoms with Crippen LogP contribution in [0.3, 0.4) is 0 Å². The molecule has 2 rings (SSSR count). The quantitative estimate of drug-likeness (QED) is 0.642. The van der Waals surface area contributed by atoms with Gasteiger partial charge in [0.2, 0.25) is 0 Å². The molecule has 0 fully saturated rings. The molecule has 0 amide bonds. The first-order valence-corrected chi connectivity index (χ1v) is 7.19. The van der Waals surface area contributed by atoms with Gasteiger partial charge in [-0.1, -0.05) is 34.1 Å². The van der Waals surface area contributed by atoms with Crippen LogP contribution in [-0.2, 0) is 6.54 Å². The Morgan fingerprint density at radius 2 is 2.05 bits per heavy atom. The molecule has 1 atom stereocenters. The predicted octanol–water partition coefficient (Wildman–Crippen LogP) is 4.35. The maximum absolute atomic E-state index is 13.3. The van der Waals surface area contributed by atoms with Gasteiger partial charge in [-0.05, 0) is 30.7 Å². The number of benzene rings is 2. The van der Waals surface area contributed by atoms with Gasteiger partial charge in [0.1, 0.15) is 5.82 Å². The Bertz CT molecular complexity index is 664. The van der Waals surface area contributed by atoms with Gasteiger partial charge in [0, 0.05) is 28.7 Å². The first-order valence-electron chi connectivity index (χ1n) is 6.39. The van der Waals surface area contributed by atoms with Crippen molar-refractivity contribution in [2.75, 3.05) is 0 Å². The Hall–Kier alpha value is -1.79. The molecule has 6 heteroatoms. The van der Waals surface area contributed by atoms with Gasteiger partial charge in [-0.25, -0.2) is 4.39 Å². The van der Waals surface area contributed by atoms with Crippen molar-refractivity contribution < 1.29 is 9.31 Å². The molecular formula is C15H14BrFN2O2. The highest BCUT2D eigenvalue weighted by molar-refractivity contribution is 9.10. The van der Waals surface area contributed by atoms with Crippen LogP contribution >= 0.6 is 15.9 Å². The van der Waals surface area contributed by atoms with Crippen molar-refractivity contribution >= 4 is 21.6 Å². The topological polar surface area (TPSA) is 55.2 Å². The Kier molecular flexibility index (Phi) is 5.03. The van der Waals surface area contributed by atoms with Crippen LogP contribution in [0.2, 0.25) is 0 Å². The predicted molar refractivity (Wildman–Crippen MR) is 82.5 cm³/mol. The molecule has 0 aliphatic rings.